The molecule has 1 saturated heterocycles. The molecule has 0 spiro atoms. The number of likely N-dealkylation sites (tertiary alicyclic amines) is 1. The first kappa shape index (κ1) is 22.0. The Balaban J connectivity index is 1.62. The normalized spacial score (nSPS) is 17.5. The lowest BCUT2D eigenvalue weighted by Crippen LogP contribution is -2.41. The molecule has 1 atom stereocenters. The summed E-state index contributed by atoms with van der Waals surface area (Å²) in [6.45, 7) is 1.12. The molecule has 9 heteroatoms. The molecule has 0 aliphatic carbocycles. The third kappa shape index (κ3) is 5.70. The maximum atomic E-state index is 13.4. The van der Waals surface area contributed by atoms with E-state index >= 15 is 0 Å². The van der Waals surface area contributed by atoms with Crippen molar-refractivity contribution >= 4 is 27.3 Å². The Morgan fingerprint density at radius 1 is 1.07 bits per heavy atom. The summed E-state index contributed by atoms with van der Waals surface area (Å²) in [5, 5.41) is 0. The van der Waals surface area contributed by atoms with E-state index < -0.39 is 27.6 Å². The highest BCUT2D eigenvalue weighted by Gasteiger charge is 2.28. The Morgan fingerprint density at radius 3 is 2.37 bits per heavy atom. The van der Waals surface area contributed by atoms with Crippen LogP contribution in [-0.4, -0.2) is 50.8 Å². The zero-order valence-electron chi connectivity index (χ0n) is 16.4. The SMILES string of the molecule is CS(=O)(=O)Nc1ccc(C(=O)CN2CCCC(C(=O)c3ccc(F)c(F)c3)C2)cc1. The lowest BCUT2D eigenvalue weighted by Gasteiger charge is -2.31. The Morgan fingerprint density at radius 2 is 1.73 bits per heavy atom. The van der Waals surface area contributed by atoms with E-state index in [1.807, 2.05) is 4.90 Å². The van der Waals surface area contributed by atoms with Crippen LogP contribution in [0.1, 0.15) is 33.6 Å². The average molecular weight is 436 g/mol. The number of nitrogens with one attached hydrogen (secondary N) is 1. The summed E-state index contributed by atoms with van der Waals surface area (Å²) in [5.41, 5.74) is 0.924. The highest BCUT2D eigenvalue weighted by atomic mass is 32.2. The van der Waals surface area contributed by atoms with Gasteiger partial charge in [0, 0.05) is 29.3 Å². The van der Waals surface area contributed by atoms with E-state index in [1.165, 1.54) is 18.2 Å². The molecule has 1 aliphatic heterocycles. The molecule has 30 heavy (non-hydrogen) atoms. The van der Waals surface area contributed by atoms with Gasteiger partial charge in [-0.25, -0.2) is 17.2 Å². The number of nitrogens with zero attached hydrogens (tertiary/aromatic N) is 1. The van der Waals surface area contributed by atoms with Crippen LogP contribution >= 0.6 is 0 Å². The van der Waals surface area contributed by atoms with Crippen molar-refractivity contribution in [1.29, 1.82) is 0 Å². The maximum absolute atomic E-state index is 13.4. The molecule has 0 saturated carbocycles. The number of hydrogen-bond acceptors (Lipinski definition) is 5. The van der Waals surface area contributed by atoms with Crippen LogP contribution in [0.25, 0.3) is 0 Å². The molecule has 1 heterocycles. The number of sulfonamides is 1. The van der Waals surface area contributed by atoms with Crippen LogP contribution in [0, 0.1) is 17.6 Å². The van der Waals surface area contributed by atoms with Gasteiger partial charge in [0.25, 0.3) is 0 Å². The van der Waals surface area contributed by atoms with Crippen molar-refractivity contribution in [3.63, 3.8) is 0 Å². The van der Waals surface area contributed by atoms with Crippen LogP contribution in [0.5, 0.6) is 0 Å². The molecule has 1 fully saturated rings. The van der Waals surface area contributed by atoms with Gasteiger partial charge >= 0.3 is 0 Å². The summed E-state index contributed by atoms with van der Waals surface area (Å²) in [6, 6.07) is 9.24. The molecule has 0 radical (unpaired) electrons. The zero-order valence-corrected chi connectivity index (χ0v) is 17.2. The lowest BCUT2D eigenvalue weighted by molar-refractivity contribution is 0.0767. The van der Waals surface area contributed by atoms with Gasteiger partial charge in [0.05, 0.1) is 12.8 Å². The average Bonchev–Trinajstić information content (AvgIpc) is 2.69. The highest BCUT2D eigenvalue weighted by Crippen LogP contribution is 2.22. The largest absolute Gasteiger partial charge is 0.295 e. The van der Waals surface area contributed by atoms with Gasteiger partial charge in [0.1, 0.15) is 0 Å². The molecule has 6 nitrogen and oxygen atoms in total. The molecule has 160 valence electrons. The van der Waals surface area contributed by atoms with Crippen LogP contribution in [0.4, 0.5) is 14.5 Å². The Hall–Kier alpha value is -2.65. The number of hydrogen-bond donors (Lipinski definition) is 1. The van der Waals surface area contributed by atoms with E-state index in [1.54, 1.807) is 12.1 Å². The number of ketones is 2. The minimum Gasteiger partial charge on any atom is -0.295 e. The van der Waals surface area contributed by atoms with Crippen molar-refractivity contribution in [3.05, 3.63) is 65.2 Å². The number of rotatable bonds is 7. The van der Waals surface area contributed by atoms with E-state index in [2.05, 4.69) is 4.72 Å². The van der Waals surface area contributed by atoms with E-state index in [0.29, 0.717) is 37.2 Å². The molecular formula is C21H22F2N2O4S. The summed E-state index contributed by atoms with van der Waals surface area (Å²) < 4.78 is 51.4. The number of benzene rings is 2. The second-order valence-electron chi connectivity index (χ2n) is 7.44. The first-order chi connectivity index (χ1) is 14.1. The molecule has 1 aliphatic rings. The summed E-state index contributed by atoms with van der Waals surface area (Å²) in [6.07, 6.45) is 2.37. The third-order valence-electron chi connectivity index (χ3n) is 4.96. The fourth-order valence-corrected chi connectivity index (χ4v) is 4.10. The third-order valence-corrected chi connectivity index (χ3v) is 5.56. The Bertz CT molecular complexity index is 1060. The van der Waals surface area contributed by atoms with Crippen molar-refractivity contribution in [2.75, 3.05) is 30.6 Å². The molecule has 1 unspecified atom stereocenters. The number of Topliss-reactive ketones (excluding diaryl/α,β-unsaturated/α-hetero) is 2. The predicted molar refractivity (Wildman–Crippen MR) is 109 cm³/mol. The van der Waals surface area contributed by atoms with Gasteiger partial charge in [-0.1, -0.05) is 0 Å². The van der Waals surface area contributed by atoms with Crippen LogP contribution < -0.4 is 4.72 Å². The first-order valence-electron chi connectivity index (χ1n) is 9.45. The molecule has 0 aromatic heterocycles. The van der Waals surface area contributed by atoms with E-state index in [0.717, 1.165) is 18.4 Å². The van der Waals surface area contributed by atoms with E-state index in [-0.39, 0.29) is 23.7 Å². The van der Waals surface area contributed by atoms with Gasteiger partial charge in [0.2, 0.25) is 10.0 Å². The fourth-order valence-electron chi connectivity index (χ4n) is 3.53. The van der Waals surface area contributed by atoms with Crippen molar-refractivity contribution in [3.8, 4) is 0 Å². The number of halogens is 2. The Labute approximate surface area is 173 Å². The maximum Gasteiger partial charge on any atom is 0.229 e. The second-order valence-corrected chi connectivity index (χ2v) is 9.19. The van der Waals surface area contributed by atoms with Gasteiger partial charge in [0.15, 0.2) is 23.2 Å². The van der Waals surface area contributed by atoms with Gasteiger partial charge in [-0.3, -0.25) is 19.2 Å². The van der Waals surface area contributed by atoms with Crippen molar-refractivity contribution in [1.82, 2.24) is 4.90 Å². The van der Waals surface area contributed by atoms with Gasteiger partial charge in [-0.2, -0.15) is 0 Å². The molecule has 2 aromatic rings. The highest BCUT2D eigenvalue weighted by molar-refractivity contribution is 7.92. The molecule has 0 bridgehead atoms. The standard InChI is InChI=1S/C21H22F2N2O4S/c1-30(28,29)24-17-7-4-14(5-8-17)20(26)13-25-10-2-3-16(12-25)21(27)15-6-9-18(22)19(23)11-15/h4-9,11,16,24H,2-3,10,12-13H2,1H3. The number of anilines is 1. The van der Waals surface area contributed by atoms with Crippen LogP contribution in [0.2, 0.25) is 0 Å². The zero-order chi connectivity index (χ0) is 21.9. The van der Waals surface area contributed by atoms with Crippen molar-refractivity contribution in [2.24, 2.45) is 5.92 Å². The molecular weight excluding hydrogens is 414 g/mol. The minimum absolute atomic E-state index is 0.112. The van der Waals surface area contributed by atoms with Crippen molar-refractivity contribution in [2.45, 2.75) is 12.8 Å². The number of carbonyl (C=O) groups excluding carboxylic acids is 2. The van der Waals surface area contributed by atoms with Gasteiger partial charge < -0.3 is 0 Å². The van der Waals surface area contributed by atoms with E-state index in [4.69, 9.17) is 0 Å². The number of carbonyl (C=O) groups is 2. The first-order valence-corrected chi connectivity index (χ1v) is 11.3. The molecule has 2 aromatic carbocycles. The van der Waals surface area contributed by atoms with Crippen LogP contribution in [-0.2, 0) is 10.0 Å². The van der Waals surface area contributed by atoms with E-state index in [9.17, 15) is 26.8 Å². The topological polar surface area (TPSA) is 83.6 Å². The minimum atomic E-state index is -3.39. The lowest BCUT2D eigenvalue weighted by atomic mass is 9.89. The van der Waals surface area contributed by atoms with Gasteiger partial charge in [-0.15, -0.1) is 0 Å². The summed E-state index contributed by atoms with van der Waals surface area (Å²) in [5.74, 6) is -2.86. The predicted octanol–water partition coefficient (Wildman–Crippen LogP) is 3.11. The Kier molecular flexibility index (Phi) is 6.62. The molecule has 3 rings (SSSR count). The second kappa shape index (κ2) is 9.01. The smallest absolute Gasteiger partial charge is 0.229 e. The van der Waals surface area contributed by atoms with Gasteiger partial charge in [-0.05, 0) is 61.9 Å². The molecule has 1 N–H and O–H groups in total. The van der Waals surface area contributed by atoms with Crippen LogP contribution in [0.3, 0.4) is 0 Å². The van der Waals surface area contributed by atoms with Crippen molar-refractivity contribution < 1.29 is 26.8 Å². The molecule has 0 amide bonds. The fraction of sp³-hybridized carbons (Fsp3) is 0.333. The van der Waals surface area contributed by atoms with Crippen LogP contribution in [0.15, 0.2) is 42.5 Å². The summed E-state index contributed by atoms with van der Waals surface area (Å²) in [4.78, 5) is 27.1. The quantitative estimate of drug-likeness (QED) is 0.675. The summed E-state index contributed by atoms with van der Waals surface area (Å²) >= 11 is 0. The summed E-state index contributed by atoms with van der Waals surface area (Å²) in [7, 11) is -3.39. The number of piperidine rings is 1. The monoisotopic (exact) mass is 436 g/mol.